The van der Waals surface area contributed by atoms with Gasteiger partial charge in [-0.2, -0.15) is 0 Å². The van der Waals surface area contributed by atoms with E-state index in [1.165, 1.54) is 0 Å². The fraction of sp³-hybridized carbons (Fsp3) is 0.803. The highest BCUT2D eigenvalue weighted by Crippen LogP contribution is 2.12. The molecule has 0 saturated heterocycles. The van der Waals surface area contributed by atoms with Gasteiger partial charge in [0.1, 0.15) is 19.5 Å². The summed E-state index contributed by atoms with van der Waals surface area (Å²) in [6.07, 6.45) is 24.8. The highest BCUT2D eigenvalue weighted by molar-refractivity contribution is 5.86. The Morgan fingerprint density at radius 1 is 0.236 bits per heavy atom. The second-order valence-corrected chi connectivity index (χ2v) is 21.9. The van der Waals surface area contributed by atoms with Crippen molar-refractivity contribution in [1.82, 2.24) is 0 Å². The van der Waals surface area contributed by atoms with Crippen molar-refractivity contribution in [3.05, 3.63) is 12.2 Å². The molecule has 0 bridgehead atoms. The number of aldehydes is 1. The number of carbonyl (C=O) groups is 11. The van der Waals surface area contributed by atoms with Gasteiger partial charge in [-0.1, -0.05) is 13.0 Å². The monoisotopic (exact) mass is 1270 g/mol. The Balaban J connectivity index is 3.50. The molecule has 0 saturated carbocycles. The molecule has 23 heteroatoms. The first-order valence-corrected chi connectivity index (χ1v) is 33.1. The number of esters is 10. The van der Waals surface area contributed by atoms with Crippen LogP contribution in [0, 0.1) is 0 Å². The number of unbranched alkanes of at least 4 members (excludes halogenated alkanes) is 21. The number of ether oxygens (including phenoxy) is 10. The average molecular weight is 1270 g/mol. The molecule has 0 aromatic rings. The molecule has 0 spiro atoms. The molecule has 0 atom stereocenters. The van der Waals surface area contributed by atoms with Crippen molar-refractivity contribution in [2.75, 3.05) is 79.3 Å². The van der Waals surface area contributed by atoms with Gasteiger partial charge >= 0.3 is 59.7 Å². The molecule has 0 rings (SSSR count). The van der Waals surface area contributed by atoms with Gasteiger partial charge in [-0.3, -0.25) is 43.2 Å². The molecule has 0 aliphatic carbocycles. The van der Waals surface area contributed by atoms with Gasteiger partial charge in [0.05, 0.1) is 66.1 Å². The summed E-state index contributed by atoms with van der Waals surface area (Å²) in [4.78, 5) is 140. The first-order chi connectivity index (χ1) is 43.2. The van der Waals surface area contributed by atoms with Crippen LogP contribution in [0.2, 0.25) is 0 Å². The number of carbonyl (C=O) groups excluding carboxylic acids is 11. The van der Waals surface area contributed by atoms with Gasteiger partial charge in [0.2, 0.25) is 0 Å². The van der Waals surface area contributed by atoms with Crippen LogP contribution in [0.25, 0.3) is 0 Å². The minimum absolute atomic E-state index is 0.0766. The summed E-state index contributed by atoms with van der Waals surface area (Å²) in [5, 5.41) is 0. The zero-order valence-corrected chi connectivity index (χ0v) is 53.9. The minimum Gasteiger partial charge on any atom is -0.466 e. The van der Waals surface area contributed by atoms with Gasteiger partial charge in [-0.05, 0) is 193 Å². The molecule has 512 valence electrons. The third-order valence-electron chi connectivity index (χ3n) is 13.5. The van der Waals surface area contributed by atoms with Crippen molar-refractivity contribution in [2.24, 2.45) is 0 Å². The summed E-state index contributed by atoms with van der Waals surface area (Å²) in [5.41, 5.74) is 0.317. The third kappa shape index (κ3) is 63.4. The maximum absolute atomic E-state index is 12.1. The van der Waals surface area contributed by atoms with E-state index in [-0.39, 0.29) is 125 Å². The van der Waals surface area contributed by atoms with E-state index in [0.29, 0.717) is 199 Å². The summed E-state index contributed by atoms with van der Waals surface area (Å²) in [7, 11) is 0. The smallest absolute Gasteiger partial charge is 0.333 e. The molecule has 0 aromatic carbocycles. The lowest BCUT2D eigenvalue weighted by atomic mass is 10.2. The van der Waals surface area contributed by atoms with E-state index in [4.69, 9.17) is 57.1 Å². The first kappa shape index (κ1) is 83.0. The van der Waals surface area contributed by atoms with Crippen LogP contribution in [0.3, 0.4) is 0 Å². The van der Waals surface area contributed by atoms with E-state index in [1.54, 1.807) is 6.92 Å². The SMILES string of the molecule is C=C(C)C(=O)OCCOOCCCCCC(=O)OCCCCCC(=O)OCCCCCC(=O)OCCCCCC(=O)OCCCCCC(=O)OCCCCCC(=O)OCCCCCC(=O)OCCCCCC(=O)OCCCCCC(=O)OCCCCCC=O. The van der Waals surface area contributed by atoms with Crippen molar-refractivity contribution < 1.29 is 110 Å². The predicted molar refractivity (Wildman–Crippen MR) is 327 cm³/mol. The zero-order valence-electron chi connectivity index (χ0n) is 53.9. The van der Waals surface area contributed by atoms with E-state index in [2.05, 4.69) is 6.58 Å². The van der Waals surface area contributed by atoms with Crippen LogP contribution in [0.5, 0.6) is 0 Å². The van der Waals surface area contributed by atoms with Crippen LogP contribution < -0.4 is 0 Å². The molecule has 0 aromatic heterocycles. The van der Waals surface area contributed by atoms with Crippen LogP contribution in [0.4, 0.5) is 0 Å². The lowest BCUT2D eigenvalue weighted by Crippen LogP contribution is -2.11. The van der Waals surface area contributed by atoms with Gasteiger partial charge in [-0.25, -0.2) is 14.6 Å². The molecule has 0 fully saturated rings. The van der Waals surface area contributed by atoms with E-state index < -0.39 is 5.97 Å². The van der Waals surface area contributed by atoms with Gasteiger partial charge in [0, 0.05) is 69.8 Å². The fourth-order valence-electron chi connectivity index (χ4n) is 8.23. The molecule has 89 heavy (non-hydrogen) atoms. The Hall–Kier alpha value is -5.97. The third-order valence-corrected chi connectivity index (χ3v) is 13.5. The van der Waals surface area contributed by atoms with Crippen molar-refractivity contribution in [2.45, 2.75) is 264 Å². The topological polar surface area (TPSA) is 299 Å². The van der Waals surface area contributed by atoms with Crippen molar-refractivity contribution in [1.29, 1.82) is 0 Å². The van der Waals surface area contributed by atoms with E-state index in [0.717, 1.165) is 76.9 Å². The maximum atomic E-state index is 12.1. The highest BCUT2D eigenvalue weighted by Gasteiger charge is 2.12. The number of hydrogen-bond acceptors (Lipinski definition) is 23. The van der Waals surface area contributed by atoms with Crippen LogP contribution >= 0.6 is 0 Å². The zero-order chi connectivity index (χ0) is 65.3. The van der Waals surface area contributed by atoms with Crippen LogP contribution in [0.15, 0.2) is 12.2 Å². The summed E-state index contributed by atoms with van der Waals surface area (Å²) in [6, 6.07) is 0. The van der Waals surface area contributed by atoms with Gasteiger partial charge < -0.3 is 52.2 Å². The lowest BCUT2D eigenvalue weighted by Gasteiger charge is -2.07. The molecular formula is C66H110O23. The number of hydrogen-bond donors (Lipinski definition) is 0. The van der Waals surface area contributed by atoms with Crippen LogP contribution in [-0.4, -0.2) is 145 Å². The van der Waals surface area contributed by atoms with Crippen molar-refractivity contribution >= 4 is 66.0 Å². The lowest BCUT2D eigenvalue weighted by molar-refractivity contribution is -0.298. The predicted octanol–water partition coefficient (Wildman–Crippen LogP) is 11.7. The summed E-state index contributed by atoms with van der Waals surface area (Å²) in [6.45, 7) is 8.33. The fourth-order valence-corrected chi connectivity index (χ4v) is 8.23. The Morgan fingerprint density at radius 3 is 0.629 bits per heavy atom. The van der Waals surface area contributed by atoms with Gasteiger partial charge in [0.15, 0.2) is 0 Å². The normalized spacial score (nSPS) is 10.8. The van der Waals surface area contributed by atoms with Gasteiger partial charge in [0.25, 0.3) is 0 Å². The van der Waals surface area contributed by atoms with E-state index in [9.17, 15) is 52.7 Å². The van der Waals surface area contributed by atoms with Crippen LogP contribution in [0.1, 0.15) is 264 Å². The number of rotatable bonds is 65. The molecule has 0 unspecified atom stereocenters. The largest absolute Gasteiger partial charge is 0.466 e. The first-order valence-electron chi connectivity index (χ1n) is 33.1. The Labute approximate surface area is 529 Å². The average Bonchev–Trinajstić information content (AvgIpc) is 3.51. The molecule has 0 aliphatic rings. The molecule has 0 amide bonds. The molecule has 0 radical (unpaired) electrons. The molecule has 0 aliphatic heterocycles. The van der Waals surface area contributed by atoms with E-state index in [1.807, 2.05) is 0 Å². The summed E-state index contributed by atoms with van der Waals surface area (Å²) >= 11 is 0. The highest BCUT2D eigenvalue weighted by atomic mass is 17.2. The molecule has 0 N–H and O–H groups in total. The quantitative estimate of drug-likeness (QED) is 0.0104. The maximum Gasteiger partial charge on any atom is 0.333 e. The van der Waals surface area contributed by atoms with Crippen molar-refractivity contribution in [3.63, 3.8) is 0 Å². The second-order valence-electron chi connectivity index (χ2n) is 21.9. The Bertz CT molecular complexity index is 1900. The van der Waals surface area contributed by atoms with Crippen LogP contribution in [-0.2, 0) is 110 Å². The second kappa shape index (κ2) is 63.6. The van der Waals surface area contributed by atoms with Crippen molar-refractivity contribution in [3.8, 4) is 0 Å². The van der Waals surface area contributed by atoms with Gasteiger partial charge in [-0.15, -0.1) is 0 Å². The standard InChI is InChI=1S/C66H110O23/c1-56(2)66(77)87-54-55-89-88-53-33-13-22-42-65(76)86-52-32-12-21-41-64(75)85-51-31-11-20-40-63(74)84-50-30-10-19-39-62(73)83-49-29-9-18-38-61(72)82-48-28-8-17-37-60(71)81-47-27-7-16-36-59(70)80-46-26-6-15-35-58(69)79-45-25-5-14-34-57(68)78-44-24-4-3-23-43-67/h43H,1,3-42,44-55H2,2H3. The molecule has 23 nitrogen and oxygen atoms in total. The van der Waals surface area contributed by atoms with E-state index >= 15 is 0 Å². The Kier molecular flexibility index (Phi) is 59.3. The minimum atomic E-state index is -0.477. The molecular weight excluding hydrogens is 1160 g/mol. The molecule has 0 heterocycles. The summed E-state index contributed by atoms with van der Waals surface area (Å²) in [5.74, 6) is -2.90. The summed E-state index contributed by atoms with van der Waals surface area (Å²) < 4.78 is 52.3. The Morgan fingerprint density at radius 2 is 0.427 bits per heavy atom.